The molecule has 0 fully saturated rings. The van der Waals surface area contributed by atoms with Gasteiger partial charge in [-0.25, -0.2) is 8.42 Å². The second-order valence-electron chi connectivity index (χ2n) is 6.38. The molecule has 0 aliphatic heterocycles. The van der Waals surface area contributed by atoms with Gasteiger partial charge in [-0.2, -0.15) is 4.31 Å². The van der Waals surface area contributed by atoms with E-state index < -0.39 is 10.0 Å². The number of rotatable bonds is 10. The van der Waals surface area contributed by atoms with Crippen molar-refractivity contribution in [3.8, 4) is 11.5 Å². The normalized spacial score (nSPS) is 11.2. The predicted octanol–water partition coefficient (Wildman–Crippen LogP) is 1.58. The lowest BCUT2D eigenvalue weighted by atomic mass is 10.3. The Labute approximate surface area is 172 Å². The summed E-state index contributed by atoms with van der Waals surface area (Å²) in [5.74, 6) is 0.350. The molecule has 0 saturated heterocycles. The molecule has 1 amide bonds. The summed E-state index contributed by atoms with van der Waals surface area (Å²) in [6.45, 7) is 0.710. The Morgan fingerprint density at radius 2 is 1.66 bits per heavy atom. The quantitative estimate of drug-likeness (QED) is 0.627. The minimum Gasteiger partial charge on any atom is -0.493 e. The number of hydrogen-bond acceptors (Lipinski definition) is 6. The maximum Gasteiger partial charge on any atom is 0.243 e. The van der Waals surface area contributed by atoms with Crippen LogP contribution >= 0.6 is 0 Å². The van der Waals surface area contributed by atoms with E-state index in [9.17, 15) is 13.2 Å². The molecule has 2 aromatic rings. The van der Waals surface area contributed by atoms with Crippen molar-refractivity contribution in [2.45, 2.75) is 4.90 Å². The Balaban J connectivity index is 1.92. The highest BCUT2D eigenvalue weighted by atomic mass is 32.2. The number of sulfonamides is 1. The standard InChI is InChI=1S/C20H27N3O5S/c1-22(16-8-6-5-7-9-16)13-12-21-20(24)15-23(2)29(25,26)17-10-11-18(27-3)19(14-17)28-4/h5-11,14H,12-13,15H2,1-4H3,(H,21,24). The highest BCUT2D eigenvalue weighted by Gasteiger charge is 2.24. The minimum absolute atomic E-state index is 0.0225. The van der Waals surface area contributed by atoms with Gasteiger partial charge in [0.05, 0.1) is 25.7 Å². The fourth-order valence-corrected chi connectivity index (χ4v) is 3.82. The summed E-state index contributed by atoms with van der Waals surface area (Å²) in [4.78, 5) is 14.2. The van der Waals surface area contributed by atoms with E-state index in [-0.39, 0.29) is 17.3 Å². The summed E-state index contributed by atoms with van der Waals surface area (Å²) in [5, 5.41) is 2.75. The molecule has 0 radical (unpaired) electrons. The number of nitrogens with zero attached hydrogens (tertiary/aromatic N) is 2. The van der Waals surface area contributed by atoms with Gasteiger partial charge in [-0.3, -0.25) is 4.79 Å². The number of hydrogen-bond donors (Lipinski definition) is 1. The van der Waals surface area contributed by atoms with E-state index >= 15 is 0 Å². The van der Waals surface area contributed by atoms with Gasteiger partial charge < -0.3 is 19.7 Å². The average Bonchev–Trinajstić information content (AvgIpc) is 2.73. The number of likely N-dealkylation sites (N-methyl/N-ethyl adjacent to an activating group) is 2. The maximum absolute atomic E-state index is 12.7. The predicted molar refractivity (Wildman–Crippen MR) is 112 cm³/mol. The highest BCUT2D eigenvalue weighted by molar-refractivity contribution is 7.89. The molecule has 0 aromatic heterocycles. The summed E-state index contributed by atoms with van der Waals surface area (Å²) in [6.07, 6.45) is 0. The molecule has 0 atom stereocenters. The second kappa shape index (κ2) is 10.1. The Morgan fingerprint density at radius 3 is 2.28 bits per heavy atom. The molecule has 2 rings (SSSR count). The number of carbonyl (C=O) groups is 1. The van der Waals surface area contributed by atoms with Gasteiger partial charge in [0.25, 0.3) is 0 Å². The number of ether oxygens (including phenoxy) is 2. The fourth-order valence-electron chi connectivity index (χ4n) is 2.67. The van der Waals surface area contributed by atoms with E-state index in [0.717, 1.165) is 9.99 Å². The molecule has 0 aliphatic carbocycles. The van der Waals surface area contributed by atoms with E-state index in [1.54, 1.807) is 0 Å². The first kappa shape index (κ1) is 22.5. The lowest BCUT2D eigenvalue weighted by Crippen LogP contribution is -2.40. The van der Waals surface area contributed by atoms with Gasteiger partial charge in [0.15, 0.2) is 11.5 Å². The van der Waals surface area contributed by atoms with Crippen molar-refractivity contribution in [1.82, 2.24) is 9.62 Å². The summed E-state index contributed by atoms with van der Waals surface area (Å²) in [5.41, 5.74) is 1.04. The summed E-state index contributed by atoms with van der Waals surface area (Å²) in [7, 11) is 2.34. The van der Waals surface area contributed by atoms with Crippen LogP contribution in [-0.2, 0) is 14.8 Å². The first-order valence-electron chi connectivity index (χ1n) is 9.01. The first-order valence-corrected chi connectivity index (χ1v) is 10.4. The van der Waals surface area contributed by atoms with E-state index in [0.29, 0.717) is 24.6 Å². The third kappa shape index (κ3) is 5.85. The van der Waals surface area contributed by atoms with Gasteiger partial charge >= 0.3 is 0 Å². The van der Waals surface area contributed by atoms with Crippen LogP contribution in [-0.4, -0.2) is 66.6 Å². The number of nitrogens with one attached hydrogen (secondary N) is 1. The third-order valence-corrected chi connectivity index (χ3v) is 6.20. The van der Waals surface area contributed by atoms with Crippen LogP contribution in [0.2, 0.25) is 0 Å². The number of carbonyl (C=O) groups excluding carboxylic acids is 1. The summed E-state index contributed by atoms with van der Waals surface area (Å²) >= 11 is 0. The summed E-state index contributed by atoms with van der Waals surface area (Å²) in [6, 6.07) is 14.1. The Hall–Kier alpha value is -2.78. The lowest BCUT2D eigenvalue weighted by molar-refractivity contribution is -0.121. The van der Waals surface area contributed by atoms with Crippen LogP contribution < -0.4 is 19.7 Å². The molecule has 29 heavy (non-hydrogen) atoms. The minimum atomic E-state index is -3.85. The third-order valence-electron chi connectivity index (χ3n) is 4.40. The lowest BCUT2D eigenvalue weighted by Gasteiger charge is -2.20. The van der Waals surface area contributed by atoms with E-state index in [4.69, 9.17) is 9.47 Å². The van der Waals surface area contributed by atoms with Crippen molar-refractivity contribution in [2.24, 2.45) is 0 Å². The van der Waals surface area contributed by atoms with Crippen LogP contribution in [0.3, 0.4) is 0 Å². The zero-order chi connectivity index (χ0) is 21.4. The van der Waals surface area contributed by atoms with E-state index in [1.807, 2.05) is 42.3 Å². The van der Waals surface area contributed by atoms with E-state index in [1.165, 1.54) is 39.5 Å². The Bertz CT molecular complexity index is 919. The van der Waals surface area contributed by atoms with Gasteiger partial charge in [-0.1, -0.05) is 18.2 Å². The molecule has 0 unspecified atom stereocenters. The van der Waals surface area contributed by atoms with Crippen molar-refractivity contribution in [3.63, 3.8) is 0 Å². The van der Waals surface area contributed by atoms with Gasteiger partial charge in [0.2, 0.25) is 15.9 Å². The van der Waals surface area contributed by atoms with Crippen molar-refractivity contribution < 1.29 is 22.7 Å². The SMILES string of the molecule is COc1ccc(S(=O)(=O)N(C)CC(=O)NCCN(C)c2ccccc2)cc1OC. The van der Waals surface area contributed by atoms with E-state index in [2.05, 4.69) is 5.32 Å². The van der Waals surface area contributed by atoms with Crippen molar-refractivity contribution >= 4 is 21.6 Å². The Kier molecular flexibility index (Phi) is 7.86. The molecular formula is C20H27N3O5S. The zero-order valence-electron chi connectivity index (χ0n) is 17.1. The highest BCUT2D eigenvalue weighted by Crippen LogP contribution is 2.30. The molecule has 9 heteroatoms. The van der Waals surface area contributed by atoms with Crippen LogP contribution in [0.15, 0.2) is 53.4 Å². The zero-order valence-corrected chi connectivity index (χ0v) is 17.9. The van der Waals surface area contributed by atoms with Gasteiger partial charge in [-0.05, 0) is 24.3 Å². The van der Waals surface area contributed by atoms with Gasteiger partial charge in [-0.15, -0.1) is 0 Å². The smallest absolute Gasteiger partial charge is 0.243 e. The molecule has 158 valence electrons. The van der Waals surface area contributed by atoms with Crippen molar-refractivity contribution in [1.29, 1.82) is 0 Å². The number of para-hydroxylation sites is 1. The Morgan fingerprint density at radius 1 is 1.00 bits per heavy atom. The molecule has 0 heterocycles. The summed E-state index contributed by atoms with van der Waals surface area (Å²) < 4.78 is 36.8. The van der Waals surface area contributed by atoms with Crippen molar-refractivity contribution in [2.75, 3.05) is 52.8 Å². The number of methoxy groups -OCH3 is 2. The molecule has 0 aliphatic rings. The molecule has 8 nitrogen and oxygen atoms in total. The average molecular weight is 422 g/mol. The number of anilines is 1. The monoisotopic (exact) mass is 421 g/mol. The van der Waals surface area contributed by atoms with Gasteiger partial charge in [0.1, 0.15) is 0 Å². The van der Waals surface area contributed by atoms with Crippen LogP contribution in [0.4, 0.5) is 5.69 Å². The fraction of sp³-hybridized carbons (Fsp3) is 0.350. The van der Waals surface area contributed by atoms with Crippen molar-refractivity contribution in [3.05, 3.63) is 48.5 Å². The van der Waals surface area contributed by atoms with Crippen LogP contribution in [0.5, 0.6) is 11.5 Å². The maximum atomic E-state index is 12.7. The molecule has 0 saturated carbocycles. The second-order valence-corrected chi connectivity index (χ2v) is 8.43. The molecule has 2 aromatic carbocycles. The molecule has 1 N–H and O–H groups in total. The molecule has 0 spiro atoms. The number of amides is 1. The van der Waals surface area contributed by atoms with Gasteiger partial charge in [0, 0.05) is 38.9 Å². The number of benzene rings is 2. The topological polar surface area (TPSA) is 88.2 Å². The molecular weight excluding hydrogens is 394 g/mol. The molecule has 0 bridgehead atoms. The van der Waals surface area contributed by atoms with Crippen LogP contribution in [0, 0.1) is 0 Å². The largest absolute Gasteiger partial charge is 0.493 e. The first-order chi connectivity index (χ1) is 13.8. The van der Waals surface area contributed by atoms with Crippen LogP contribution in [0.25, 0.3) is 0 Å². The van der Waals surface area contributed by atoms with Crippen LogP contribution in [0.1, 0.15) is 0 Å².